The lowest BCUT2D eigenvalue weighted by molar-refractivity contribution is 0.0900. The lowest BCUT2D eigenvalue weighted by Gasteiger charge is -2.54. The number of aromatic nitrogens is 4. The van der Waals surface area contributed by atoms with E-state index in [4.69, 9.17) is 0 Å². The van der Waals surface area contributed by atoms with Crippen LogP contribution in [0.3, 0.4) is 0 Å². The molecule has 0 N–H and O–H groups in total. The molecule has 0 aliphatic carbocycles. The summed E-state index contributed by atoms with van der Waals surface area (Å²) in [5.74, 6) is 0.977. The van der Waals surface area contributed by atoms with E-state index in [0.29, 0.717) is 11.0 Å². The third kappa shape index (κ3) is 4.21. The van der Waals surface area contributed by atoms with Crippen LogP contribution in [0.5, 0.6) is 0 Å². The SMILES string of the molecule is CN1CCC2(CC1)CN(c1cc(C(=O)Cc3cc4cc(-c5cncn5C)ccc4cn3)ccn1)C2. The third-order valence-corrected chi connectivity index (χ3v) is 7.72. The second kappa shape index (κ2) is 8.57. The predicted molar refractivity (Wildman–Crippen MR) is 138 cm³/mol. The Balaban J connectivity index is 1.17. The molecule has 1 aromatic carbocycles. The highest BCUT2D eigenvalue weighted by Gasteiger charge is 2.44. The number of carbonyl (C=O) groups is 1. The standard InChI is InChI=1S/C28H30N6O/c1-32-9-6-28(7-10-32)17-34(18-28)27-13-21(5-8-30-27)26(35)14-24-12-23-11-20(3-4-22(23)15-31-24)25-16-29-19-33(25)2/h3-5,8,11-13,15-16,19H,6-7,9-10,14,17-18H2,1-2H3. The minimum atomic E-state index is 0.0674. The number of imidazole rings is 1. The average Bonchev–Trinajstić information content (AvgIpc) is 3.28. The lowest BCUT2D eigenvalue weighted by Crippen LogP contribution is -2.60. The number of likely N-dealkylation sites (tertiary alicyclic amines) is 1. The molecule has 178 valence electrons. The van der Waals surface area contributed by atoms with Crippen molar-refractivity contribution in [1.29, 1.82) is 0 Å². The summed E-state index contributed by atoms with van der Waals surface area (Å²) in [5, 5.41) is 2.12. The van der Waals surface area contributed by atoms with Crippen molar-refractivity contribution >= 4 is 22.4 Å². The van der Waals surface area contributed by atoms with Gasteiger partial charge in [0.15, 0.2) is 5.78 Å². The van der Waals surface area contributed by atoms with Crippen LogP contribution in [0.2, 0.25) is 0 Å². The molecule has 0 radical (unpaired) electrons. The number of nitrogens with zero attached hydrogens (tertiary/aromatic N) is 6. The van der Waals surface area contributed by atoms with Crippen LogP contribution >= 0.6 is 0 Å². The van der Waals surface area contributed by atoms with E-state index in [1.165, 1.54) is 25.9 Å². The Morgan fingerprint density at radius 3 is 2.57 bits per heavy atom. The maximum atomic E-state index is 13.2. The van der Waals surface area contributed by atoms with Crippen LogP contribution in [0.15, 0.2) is 61.3 Å². The first-order valence-electron chi connectivity index (χ1n) is 12.3. The number of hydrogen-bond acceptors (Lipinski definition) is 6. The number of fused-ring (bicyclic) bond motifs is 1. The Kier molecular flexibility index (Phi) is 5.37. The summed E-state index contributed by atoms with van der Waals surface area (Å²) in [6, 6.07) is 12.1. The van der Waals surface area contributed by atoms with Gasteiger partial charge in [-0.05, 0) is 62.6 Å². The molecule has 2 aliphatic rings. The molecule has 2 fully saturated rings. The Bertz CT molecular complexity index is 1390. The van der Waals surface area contributed by atoms with Crippen molar-refractivity contribution in [1.82, 2.24) is 24.4 Å². The van der Waals surface area contributed by atoms with Gasteiger partial charge in [-0.3, -0.25) is 9.78 Å². The van der Waals surface area contributed by atoms with E-state index in [9.17, 15) is 4.79 Å². The van der Waals surface area contributed by atoms with Gasteiger partial charge in [0.2, 0.25) is 0 Å². The minimum Gasteiger partial charge on any atom is -0.355 e. The Labute approximate surface area is 205 Å². The number of aryl methyl sites for hydroxylation is 1. The van der Waals surface area contributed by atoms with Crippen LogP contribution in [0.4, 0.5) is 5.82 Å². The lowest BCUT2D eigenvalue weighted by atomic mass is 9.72. The highest BCUT2D eigenvalue weighted by Crippen LogP contribution is 2.41. The van der Waals surface area contributed by atoms with Gasteiger partial charge in [0, 0.05) is 60.2 Å². The number of carbonyl (C=O) groups excluding carboxylic acids is 1. The molecule has 2 saturated heterocycles. The van der Waals surface area contributed by atoms with E-state index in [-0.39, 0.29) is 12.2 Å². The van der Waals surface area contributed by atoms with Crippen molar-refractivity contribution in [2.75, 3.05) is 38.1 Å². The Morgan fingerprint density at radius 1 is 0.971 bits per heavy atom. The van der Waals surface area contributed by atoms with Gasteiger partial charge in [-0.15, -0.1) is 0 Å². The van der Waals surface area contributed by atoms with E-state index in [1.54, 1.807) is 12.5 Å². The van der Waals surface area contributed by atoms with E-state index in [1.807, 2.05) is 42.2 Å². The van der Waals surface area contributed by atoms with E-state index >= 15 is 0 Å². The molecule has 7 heteroatoms. The molecule has 4 aromatic rings. The molecule has 2 aliphatic heterocycles. The van der Waals surface area contributed by atoms with Crippen LogP contribution < -0.4 is 4.90 Å². The van der Waals surface area contributed by atoms with Crippen molar-refractivity contribution in [3.8, 4) is 11.3 Å². The Hall–Kier alpha value is -3.58. The van der Waals surface area contributed by atoms with Gasteiger partial charge in [0.25, 0.3) is 0 Å². The normalized spacial score (nSPS) is 17.6. The molecule has 35 heavy (non-hydrogen) atoms. The number of Topliss-reactive ketones (excluding diaryl/α,β-unsaturated/α-hetero) is 1. The molecule has 1 spiro atoms. The minimum absolute atomic E-state index is 0.0674. The molecule has 0 bridgehead atoms. The molecule has 7 nitrogen and oxygen atoms in total. The number of benzene rings is 1. The number of rotatable bonds is 5. The number of ketones is 1. The fourth-order valence-corrected chi connectivity index (χ4v) is 5.44. The zero-order valence-electron chi connectivity index (χ0n) is 20.3. The smallest absolute Gasteiger partial charge is 0.169 e. The van der Waals surface area contributed by atoms with Crippen molar-refractivity contribution in [3.05, 3.63) is 72.6 Å². The van der Waals surface area contributed by atoms with Crippen LogP contribution in [0, 0.1) is 5.41 Å². The average molecular weight is 467 g/mol. The molecule has 5 heterocycles. The number of pyridine rings is 2. The monoisotopic (exact) mass is 466 g/mol. The highest BCUT2D eigenvalue weighted by atomic mass is 16.1. The zero-order valence-corrected chi connectivity index (χ0v) is 20.3. The largest absolute Gasteiger partial charge is 0.355 e. The Morgan fingerprint density at radius 2 is 1.80 bits per heavy atom. The maximum Gasteiger partial charge on any atom is 0.169 e. The van der Waals surface area contributed by atoms with Crippen molar-refractivity contribution in [2.24, 2.45) is 12.5 Å². The first kappa shape index (κ1) is 21.9. The maximum absolute atomic E-state index is 13.2. The van der Waals surface area contributed by atoms with Gasteiger partial charge in [0.1, 0.15) is 5.82 Å². The first-order chi connectivity index (χ1) is 17.0. The third-order valence-electron chi connectivity index (χ3n) is 7.72. The van der Waals surface area contributed by atoms with Crippen molar-refractivity contribution in [3.63, 3.8) is 0 Å². The molecule has 0 amide bonds. The molecule has 0 atom stereocenters. The van der Waals surface area contributed by atoms with E-state index in [0.717, 1.165) is 46.6 Å². The van der Waals surface area contributed by atoms with Gasteiger partial charge in [-0.2, -0.15) is 0 Å². The molecular formula is C28H30N6O. The first-order valence-corrected chi connectivity index (χ1v) is 12.3. The second-order valence-corrected chi connectivity index (χ2v) is 10.3. The summed E-state index contributed by atoms with van der Waals surface area (Å²) in [4.78, 5) is 31.2. The van der Waals surface area contributed by atoms with E-state index < -0.39 is 0 Å². The summed E-state index contributed by atoms with van der Waals surface area (Å²) in [6.07, 6.45) is 10.0. The molecule has 0 unspecified atom stereocenters. The van der Waals surface area contributed by atoms with Crippen LogP contribution in [0.1, 0.15) is 28.9 Å². The van der Waals surface area contributed by atoms with Crippen LogP contribution in [-0.4, -0.2) is 63.4 Å². The summed E-state index contributed by atoms with van der Waals surface area (Å²) in [7, 11) is 4.18. The predicted octanol–water partition coefficient (Wildman–Crippen LogP) is 3.99. The molecule has 6 rings (SSSR count). The number of piperidine rings is 1. The van der Waals surface area contributed by atoms with Gasteiger partial charge in [-0.1, -0.05) is 12.1 Å². The fraction of sp³-hybridized carbons (Fsp3) is 0.357. The fourth-order valence-electron chi connectivity index (χ4n) is 5.44. The molecule has 0 saturated carbocycles. The zero-order chi connectivity index (χ0) is 24.0. The van der Waals surface area contributed by atoms with E-state index in [2.05, 4.69) is 50.0 Å². The topological polar surface area (TPSA) is 67.2 Å². The molecule has 3 aromatic heterocycles. The summed E-state index contributed by atoms with van der Waals surface area (Å²) >= 11 is 0. The van der Waals surface area contributed by atoms with Gasteiger partial charge >= 0.3 is 0 Å². The number of hydrogen-bond donors (Lipinski definition) is 0. The van der Waals surface area contributed by atoms with Gasteiger partial charge < -0.3 is 14.4 Å². The van der Waals surface area contributed by atoms with Crippen molar-refractivity contribution in [2.45, 2.75) is 19.3 Å². The summed E-state index contributed by atoms with van der Waals surface area (Å²) in [6.45, 7) is 4.41. The van der Waals surface area contributed by atoms with Crippen LogP contribution in [0.25, 0.3) is 22.0 Å². The quantitative estimate of drug-likeness (QED) is 0.415. The second-order valence-electron chi connectivity index (χ2n) is 10.3. The van der Waals surface area contributed by atoms with Crippen LogP contribution in [-0.2, 0) is 13.5 Å². The summed E-state index contributed by atoms with van der Waals surface area (Å²) in [5.41, 5.74) is 4.05. The molecular weight excluding hydrogens is 436 g/mol. The number of anilines is 1. The van der Waals surface area contributed by atoms with Gasteiger partial charge in [0.05, 0.1) is 24.6 Å². The van der Waals surface area contributed by atoms with Crippen molar-refractivity contribution < 1.29 is 4.79 Å². The van der Waals surface area contributed by atoms with Gasteiger partial charge in [-0.25, -0.2) is 9.97 Å². The summed E-state index contributed by atoms with van der Waals surface area (Å²) < 4.78 is 2.00. The highest BCUT2D eigenvalue weighted by molar-refractivity contribution is 5.98.